The van der Waals surface area contributed by atoms with Crippen molar-refractivity contribution in [3.63, 3.8) is 0 Å². The van der Waals surface area contributed by atoms with E-state index in [1.807, 2.05) is 0 Å². The summed E-state index contributed by atoms with van der Waals surface area (Å²) in [6, 6.07) is 4.33. The number of hydrogen-bond donors (Lipinski definition) is 1. The van der Waals surface area contributed by atoms with Gasteiger partial charge in [0.2, 0.25) is 5.91 Å². The third-order valence-corrected chi connectivity index (χ3v) is 3.54. The number of carbonyl (C=O) groups excluding carboxylic acids is 2. The van der Waals surface area contributed by atoms with Crippen molar-refractivity contribution in [2.75, 3.05) is 29.9 Å². The SMILES string of the molecule is Cc1cc(NC(=O)CN2CCN(c3ccc(F)c(F)c3)C2=O)no1. The molecule has 1 aromatic carbocycles. The highest BCUT2D eigenvalue weighted by Gasteiger charge is 2.31. The Morgan fingerprint density at radius 2 is 2.08 bits per heavy atom. The van der Waals surface area contributed by atoms with Crippen molar-refractivity contribution in [2.24, 2.45) is 0 Å². The van der Waals surface area contributed by atoms with Gasteiger partial charge in [-0.25, -0.2) is 13.6 Å². The molecule has 3 amide bonds. The molecule has 3 rings (SSSR count). The summed E-state index contributed by atoms with van der Waals surface area (Å²) in [5.74, 6) is -1.63. The molecule has 1 aliphatic rings. The van der Waals surface area contributed by atoms with Gasteiger partial charge in [-0.15, -0.1) is 0 Å². The lowest BCUT2D eigenvalue weighted by Gasteiger charge is -2.18. The van der Waals surface area contributed by atoms with Crippen LogP contribution >= 0.6 is 0 Å². The molecule has 24 heavy (non-hydrogen) atoms. The lowest BCUT2D eigenvalue weighted by Crippen LogP contribution is -2.37. The molecule has 126 valence electrons. The zero-order valence-electron chi connectivity index (χ0n) is 12.8. The average Bonchev–Trinajstić information content (AvgIpc) is 3.09. The van der Waals surface area contributed by atoms with Crippen LogP contribution in [0.2, 0.25) is 0 Å². The highest BCUT2D eigenvalue weighted by molar-refractivity contribution is 5.99. The first-order valence-electron chi connectivity index (χ1n) is 7.18. The van der Waals surface area contributed by atoms with E-state index < -0.39 is 23.6 Å². The van der Waals surface area contributed by atoms with E-state index in [-0.39, 0.29) is 24.6 Å². The number of halogens is 2. The summed E-state index contributed by atoms with van der Waals surface area (Å²) in [6.07, 6.45) is 0. The van der Waals surface area contributed by atoms with Crippen LogP contribution in [0.25, 0.3) is 0 Å². The van der Waals surface area contributed by atoms with Gasteiger partial charge < -0.3 is 14.7 Å². The number of rotatable bonds is 4. The Labute approximate surface area is 135 Å². The zero-order chi connectivity index (χ0) is 17.3. The number of amides is 3. The Hall–Kier alpha value is -2.97. The van der Waals surface area contributed by atoms with Crippen molar-refractivity contribution in [1.82, 2.24) is 10.1 Å². The fraction of sp³-hybridized carbons (Fsp3) is 0.267. The van der Waals surface area contributed by atoms with Crippen molar-refractivity contribution in [3.05, 3.63) is 41.7 Å². The van der Waals surface area contributed by atoms with E-state index in [2.05, 4.69) is 10.5 Å². The molecular formula is C15H14F2N4O3. The number of carbonyl (C=O) groups is 2. The molecule has 1 aliphatic heterocycles. The lowest BCUT2D eigenvalue weighted by molar-refractivity contribution is -0.116. The van der Waals surface area contributed by atoms with Gasteiger partial charge in [-0.1, -0.05) is 5.16 Å². The third kappa shape index (κ3) is 3.19. The summed E-state index contributed by atoms with van der Waals surface area (Å²) < 4.78 is 31.1. The lowest BCUT2D eigenvalue weighted by atomic mass is 10.3. The molecule has 0 bridgehead atoms. The number of anilines is 2. The molecule has 2 heterocycles. The topological polar surface area (TPSA) is 78.7 Å². The number of nitrogens with zero attached hydrogens (tertiary/aromatic N) is 3. The van der Waals surface area contributed by atoms with Gasteiger partial charge in [0.15, 0.2) is 17.5 Å². The van der Waals surface area contributed by atoms with Gasteiger partial charge >= 0.3 is 6.03 Å². The van der Waals surface area contributed by atoms with Crippen molar-refractivity contribution < 1.29 is 22.9 Å². The summed E-state index contributed by atoms with van der Waals surface area (Å²) in [5, 5.41) is 6.15. The van der Waals surface area contributed by atoms with E-state index in [0.717, 1.165) is 12.1 Å². The summed E-state index contributed by atoms with van der Waals surface area (Å²) in [5.41, 5.74) is 0.244. The summed E-state index contributed by atoms with van der Waals surface area (Å²) in [7, 11) is 0. The minimum absolute atomic E-state index is 0.176. The van der Waals surface area contributed by atoms with E-state index >= 15 is 0 Å². The largest absolute Gasteiger partial charge is 0.360 e. The van der Waals surface area contributed by atoms with Crippen LogP contribution in [0, 0.1) is 18.6 Å². The van der Waals surface area contributed by atoms with E-state index in [0.29, 0.717) is 12.3 Å². The van der Waals surface area contributed by atoms with E-state index in [1.54, 1.807) is 13.0 Å². The zero-order valence-corrected chi connectivity index (χ0v) is 12.8. The molecule has 0 saturated carbocycles. The molecule has 1 fully saturated rings. The van der Waals surface area contributed by atoms with Gasteiger partial charge in [0.05, 0.1) is 0 Å². The maximum absolute atomic E-state index is 13.3. The molecule has 0 atom stereocenters. The quantitative estimate of drug-likeness (QED) is 0.928. The Morgan fingerprint density at radius 1 is 1.29 bits per heavy atom. The van der Waals surface area contributed by atoms with Crippen molar-refractivity contribution in [2.45, 2.75) is 6.92 Å². The van der Waals surface area contributed by atoms with Crippen molar-refractivity contribution >= 4 is 23.4 Å². The first-order valence-corrected chi connectivity index (χ1v) is 7.18. The fourth-order valence-corrected chi connectivity index (χ4v) is 2.40. The summed E-state index contributed by atoms with van der Waals surface area (Å²) >= 11 is 0. The Kier molecular flexibility index (Phi) is 4.15. The Balaban J connectivity index is 1.63. The molecule has 0 aliphatic carbocycles. The first-order chi connectivity index (χ1) is 11.4. The van der Waals surface area contributed by atoms with E-state index in [9.17, 15) is 18.4 Å². The normalized spacial score (nSPS) is 14.4. The Morgan fingerprint density at radius 3 is 2.75 bits per heavy atom. The monoisotopic (exact) mass is 336 g/mol. The fourth-order valence-electron chi connectivity index (χ4n) is 2.40. The predicted molar refractivity (Wildman–Crippen MR) is 80.5 cm³/mol. The maximum atomic E-state index is 13.3. The third-order valence-electron chi connectivity index (χ3n) is 3.54. The number of nitrogens with one attached hydrogen (secondary N) is 1. The molecule has 7 nitrogen and oxygen atoms in total. The highest BCUT2D eigenvalue weighted by atomic mass is 19.2. The van der Waals surface area contributed by atoms with Crippen LogP contribution in [-0.4, -0.2) is 41.6 Å². The second-order valence-electron chi connectivity index (χ2n) is 5.33. The van der Waals surface area contributed by atoms with E-state index in [4.69, 9.17) is 4.52 Å². The van der Waals surface area contributed by atoms with Crippen LogP contribution in [-0.2, 0) is 4.79 Å². The highest BCUT2D eigenvalue weighted by Crippen LogP contribution is 2.22. The van der Waals surface area contributed by atoms with Crippen LogP contribution in [0.1, 0.15) is 5.76 Å². The molecule has 2 aromatic rings. The summed E-state index contributed by atoms with van der Waals surface area (Å²) in [6.45, 7) is 2.08. The number of aryl methyl sites for hydroxylation is 1. The van der Waals surface area contributed by atoms with Crippen LogP contribution in [0.4, 0.5) is 25.1 Å². The van der Waals surface area contributed by atoms with Gasteiger partial charge in [-0.2, -0.15) is 0 Å². The molecule has 0 radical (unpaired) electrons. The molecule has 0 unspecified atom stereocenters. The molecular weight excluding hydrogens is 322 g/mol. The van der Waals surface area contributed by atoms with Crippen LogP contribution < -0.4 is 10.2 Å². The predicted octanol–water partition coefficient (Wildman–Crippen LogP) is 2.14. The van der Waals surface area contributed by atoms with Gasteiger partial charge in [0.1, 0.15) is 12.3 Å². The molecule has 1 N–H and O–H groups in total. The standard InChI is InChI=1S/C15H14F2N4O3/c1-9-6-13(19-24-9)18-14(22)8-20-4-5-21(15(20)23)10-2-3-11(16)12(17)7-10/h2-3,6-7H,4-5,8H2,1H3,(H,18,19,22). The smallest absolute Gasteiger partial charge is 0.325 e. The number of benzene rings is 1. The second-order valence-corrected chi connectivity index (χ2v) is 5.33. The first kappa shape index (κ1) is 15.9. The number of aromatic nitrogens is 1. The van der Waals surface area contributed by atoms with Crippen LogP contribution in [0.5, 0.6) is 0 Å². The molecule has 9 heteroatoms. The van der Waals surface area contributed by atoms with Gasteiger partial charge in [-0.3, -0.25) is 9.69 Å². The average molecular weight is 336 g/mol. The summed E-state index contributed by atoms with van der Waals surface area (Å²) in [4.78, 5) is 26.9. The van der Waals surface area contributed by atoms with Crippen LogP contribution in [0.15, 0.2) is 28.8 Å². The maximum Gasteiger partial charge on any atom is 0.325 e. The molecule has 0 spiro atoms. The minimum atomic E-state index is -1.03. The van der Waals surface area contributed by atoms with Gasteiger partial charge in [0.25, 0.3) is 0 Å². The number of urea groups is 1. The second kappa shape index (κ2) is 6.26. The van der Waals surface area contributed by atoms with Crippen LogP contribution in [0.3, 0.4) is 0 Å². The van der Waals surface area contributed by atoms with Crippen molar-refractivity contribution in [3.8, 4) is 0 Å². The van der Waals surface area contributed by atoms with Gasteiger partial charge in [0, 0.05) is 30.9 Å². The molecule has 1 aromatic heterocycles. The van der Waals surface area contributed by atoms with Crippen molar-refractivity contribution in [1.29, 1.82) is 0 Å². The van der Waals surface area contributed by atoms with E-state index in [1.165, 1.54) is 15.9 Å². The minimum Gasteiger partial charge on any atom is -0.360 e. The van der Waals surface area contributed by atoms with Gasteiger partial charge in [-0.05, 0) is 19.1 Å². The Bertz CT molecular complexity index is 793. The molecule has 1 saturated heterocycles. The number of hydrogen-bond acceptors (Lipinski definition) is 4.